The van der Waals surface area contributed by atoms with E-state index in [9.17, 15) is 4.79 Å². The highest BCUT2D eigenvalue weighted by Crippen LogP contribution is 2.21. The minimum atomic E-state index is -0.292. The number of amides is 1. The molecular formula is C19H23N5O2. The maximum atomic E-state index is 12.1. The normalized spacial score (nSPS) is 11.6. The van der Waals surface area contributed by atoms with Crippen molar-refractivity contribution in [3.8, 4) is 5.82 Å². The zero-order valence-electron chi connectivity index (χ0n) is 15.6. The molecule has 0 aliphatic heterocycles. The Morgan fingerprint density at radius 3 is 2.73 bits per heavy atom. The lowest BCUT2D eigenvalue weighted by atomic mass is 10.2. The zero-order valence-corrected chi connectivity index (χ0v) is 15.6. The Morgan fingerprint density at radius 2 is 2.08 bits per heavy atom. The number of nitrogens with one attached hydrogen (secondary N) is 1. The number of aromatic nitrogens is 3. The van der Waals surface area contributed by atoms with Gasteiger partial charge < -0.3 is 8.98 Å². The lowest BCUT2D eigenvalue weighted by Crippen LogP contribution is -2.17. The molecule has 0 unspecified atom stereocenters. The van der Waals surface area contributed by atoms with Crippen molar-refractivity contribution in [2.75, 3.05) is 0 Å². The van der Waals surface area contributed by atoms with Crippen molar-refractivity contribution in [3.05, 3.63) is 58.9 Å². The summed E-state index contributed by atoms with van der Waals surface area (Å²) in [5, 5.41) is 8.49. The average molecular weight is 353 g/mol. The lowest BCUT2D eigenvalue weighted by molar-refractivity contribution is 0.0953. The Bertz CT molecular complexity index is 959. The molecule has 0 aliphatic rings. The van der Waals surface area contributed by atoms with E-state index < -0.39 is 0 Å². The van der Waals surface area contributed by atoms with Crippen LogP contribution in [0.3, 0.4) is 0 Å². The van der Waals surface area contributed by atoms with E-state index in [2.05, 4.69) is 34.0 Å². The van der Waals surface area contributed by atoms with E-state index >= 15 is 0 Å². The lowest BCUT2D eigenvalue weighted by Gasteiger charge is -2.14. The van der Waals surface area contributed by atoms with Crippen LogP contribution < -0.4 is 5.43 Å². The van der Waals surface area contributed by atoms with Crippen LogP contribution in [0, 0.1) is 20.8 Å². The second kappa shape index (κ2) is 7.03. The number of carbonyl (C=O) groups is 1. The van der Waals surface area contributed by atoms with Crippen LogP contribution in [-0.4, -0.2) is 26.5 Å². The summed E-state index contributed by atoms with van der Waals surface area (Å²) in [6.45, 7) is 9.99. The monoisotopic (exact) mass is 353 g/mol. The Balaban J connectivity index is 1.83. The molecule has 3 heterocycles. The van der Waals surface area contributed by atoms with Crippen molar-refractivity contribution in [2.24, 2.45) is 5.10 Å². The molecular weight excluding hydrogens is 330 g/mol. The molecule has 1 amide bonds. The van der Waals surface area contributed by atoms with Crippen LogP contribution >= 0.6 is 0 Å². The molecule has 3 rings (SSSR count). The van der Waals surface area contributed by atoms with Gasteiger partial charge in [-0.2, -0.15) is 10.2 Å². The first kappa shape index (κ1) is 17.7. The molecule has 0 bridgehead atoms. The number of hydrogen-bond donors (Lipinski definition) is 1. The van der Waals surface area contributed by atoms with Gasteiger partial charge in [0.15, 0.2) is 0 Å². The van der Waals surface area contributed by atoms with E-state index in [1.165, 1.54) is 6.26 Å². The second-order valence-corrected chi connectivity index (χ2v) is 6.48. The molecule has 0 radical (unpaired) electrons. The first-order valence-electron chi connectivity index (χ1n) is 8.50. The van der Waals surface area contributed by atoms with Gasteiger partial charge in [0.1, 0.15) is 11.6 Å². The predicted octanol–water partition coefficient (Wildman–Crippen LogP) is 3.54. The van der Waals surface area contributed by atoms with Gasteiger partial charge in [0.05, 0.1) is 24.2 Å². The largest absolute Gasteiger partial charge is 0.469 e. The molecule has 0 atom stereocenters. The van der Waals surface area contributed by atoms with E-state index in [1.807, 2.05) is 30.7 Å². The molecule has 1 N–H and O–H groups in total. The van der Waals surface area contributed by atoms with Crippen molar-refractivity contribution >= 4 is 12.1 Å². The zero-order chi connectivity index (χ0) is 18.8. The van der Waals surface area contributed by atoms with E-state index in [4.69, 9.17) is 4.42 Å². The van der Waals surface area contributed by atoms with Crippen molar-refractivity contribution in [1.29, 1.82) is 0 Å². The molecule has 0 spiro atoms. The molecule has 7 nitrogen and oxygen atoms in total. The predicted molar refractivity (Wildman–Crippen MR) is 99.9 cm³/mol. The van der Waals surface area contributed by atoms with Crippen molar-refractivity contribution in [1.82, 2.24) is 19.8 Å². The quantitative estimate of drug-likeness (QED) is 0.563. The van der Waals surface area contributed by atoms with E-state index in [0.29, 0.717) is 11.3 Å². The van der Waals surface area contributed by atoms with Gasteiger partial charge in [0.25, 0.3) is 5.91 Å². The number of nitrogens with zero attached hydrogens (tertiary/aromatic N) is 4. The van der Waals surface area contributed by atoms with Crippen LogP contribution in [0.2, 0.25) is 0 Å². The van der Waals surface area contributed by atoms with Crippen LogP contribution in [0.5, 0.6) is 0 Å². The fourth-order valence-corrected chi connectivity index (χ4v) is 2.99. The van der Waals surface area contributed by atoms with Crippen LogP contribution in [0.25, 0.3) is 5.82 Å². The molecule has 0 saturated heterocycles. The number of hydrogen-bond acceptors (Lipinski definition) is 4. The van der Waals surface area contributed by atoms with Crippen molar-refractivity contribution < 1.29 is 9.21 Å². The molecule has 0 aromatic carbocycles. The van der Waals surface area contributed by atoms with Crippen molar-refractivity contribution in [3.63, 3.8) is 0 Å². The third-order valence-electron chi connectivity index (χ3n) is 4.31. The highest BCUT2D eigenvalue weighted by molar-refractivity contribution is 5.95. The number of hydrazone groups is 1. The van der Waals surface area contributed by atoms with Gasteiger partial charge in [-0.3, -0.25) is 4.79 Å². The third-order valence-corrected chi connectivity index (χ3v) is 4.31. The topological polar surface area (TPSA) is 77.3 Å². The summed E-state index contributed by atoms with van der Waals surface area (Å²) in [5.41, 5.74) is 6.05. The van der Waals surface area contributed by atoms with Gasteiger partial charge in [-0.1, -0.05) is 0 Å². The molecule has 0 fully saturated rings. The van der Waals surface area contributed by atoms with Crippen LogP contribution in [0.1, 0.15) is 53.0 Å². The summed E-state index contributed by atoms with van der Waals surface area (Å²) >= 11 is 0. The molecule has 3 aromatic heterocycles. The maximum Gasteiger partial charge on any atom is 0.274 e. The minimum Gasteiger partial charge on any atom is -0.469 e. The number of aryl methyl sites for hydroxylation is 2. The number of rotatable bonds is 5. The van der Waals surface area contributed by atoms with E-state index in [-0.39, 0.29) is 11.9 Å². The summed E-state index contributed by atoms with van der Waals surface area (Å²) in [5.74, 6) is 1.28. The van der Waals surface area contributed by atoms with Crippen molar-refractivity contribution in [2.45, 2.75) is 40.7 Å². The Labute approximate surface area is 152 Å². The van der Waals surface area contributed by atoms with Gasteiger partial charge >= 0.3 is 0 Å². The first-order valence-corrected chi connectivity index (χ1v) is 8.50. The summed E-state index contributed by atoms with van der Waals surface area (Å²) in [4.78, 5) is 12.1. The van der Waals surface area contributed by atoms with Crippen LogP contribution in [0.4, 0.5) is 0 Å². The molecule has 0 saturated carbocycles. The number of furan rings is 1. The highest BCUT2D eigenvalue weighted by Gasteiger charge is 2.15. The minimum absolute atomic E-state index is 0.260. The molecule has 26 heavy (non-hydrogen) atoms. The van der Waals surface area contributed by atoms with Gasteiger partial charge in [0, 0.05) is 29.1 Å². The Morgan fingerprint density at radius 1 is 1.31 bits per heavy atom. The fraction of sp³-hybridized carbons (Fsp3) is 0.316. The summed E-state index contributed by atoms with van der Waals surface area (Å²) in [6.07, 6.45) is 4.94. The van der Waals surface area contributed by atoms with Gasteiger partial charge in [-0.05, 0) is 46.8 Å². The summed E-state index contributed by atoms with van der Waals surface area (Å²) < 4.78 is 9.25. The number of carbonyl (C=O) groups excluding carboxylic acids is 1. The van der Waals surface area contributed by atoms with E-state index in [1.54, 1.807) is 25.4 Å². The molecule has 3 aromatic rings. The summed E-state index contributed by atoms with van der Waals surface area (Å²) in [6, 6.07) is 5.91. The van der Waals surface area contributed by atoms with E-state index in [0.717, 1.165) is 22.8 Å². The maximum absolute atomic E-state index is 12.1. The van der Waals surface area contributed by atoms with Crippen LogP contribution in [-0.2, 0) is 0 Å². The standard InChI is InChI=1S/C19H23N5O2/c1-12(2)24-18(6-8-21-24)23-13(3)10-16(14(23)4)11-20-22-19(25)17-7-9-26-15(17)5/h6-12H,1-5H3,(H,22,25)/b20-11-. The smallest absolute Gasteiger partial charge is 0.274 e. The van der Waals surface area contributed by atoms with Crippen LogP contribution in [0.15, 0.2) is 40.2 Å². The molecule has 0 aliphatic carbocycles. The highest BCUT2D eigenvalue weighted by atomic mass is 16.3. The average Bonchev–Trinajstić information content (AvgIpc) is 3.27. The Kier molecular flexibility index (Phi) is 4.79. The first-order chi connectivity index (χ1) is 12.4. The van der Waals surface area contributed by atoms with Gasteiger partial charge in [0.2, 0.25) is 0 Å². The Hall–Kier alpha value is -3.09. The van der Waals surface area contributed by atoms with Gasteiger partial charge in [-0.15, -0.1) is 0 Å². The SMILES string of the molecule is Cc1occc1C(=O)N/N=C\c1cc(C)n(-c2ccnn2C(C)C)c1C. The molecule has 7 heteroatoms. The fourth-order valence-electron chi connectivity index (χ4n) is 2.99. The molecule has 136 valence electrons. The third kappa shape index (κ3) is 3.20. The second-order valence-electron chi connectivity index (χ2n) is 6.48. The van der Waals surface area contributed by atoms with Gasteiger partial charge in [-0.25, -0.2) is 10.1 Å². The summed E-state index contributed by atoms with van der Waals surface area (Å²) in [7, 11) is 0.